The number of ether oxygens (including phenoxy) is 1. The van der Waals surface area contributed by atoms with Crippen LogP contribution < -0.4 is 4.90 Å². The molecule has 3 heterocycles. The van der Waals surface area contributed by atoms with Crippen molar-refractivity contribution in [2.24, 2.45) is 0 Å². The molecule has 3 aromatic carbocycles. The number of benzene rings is 3. The number of piperidine rings is 1. The van der Waals surface area contributed by atoms with Crippen molar-refractivity contribution < 1.29 is 9.53 Å². The predicted octanol–water partition coefficient (Wildman–Crippen LogP) is 5.31. The van der Waals surface area contributed by atoms with Crippen molar-refractivity contribution in [3.63, 3.8) is 0 Å². The van der Waals surface area contributed by atoms with Crippen LogP contribution >= 0.6 is 0 Å². The first-order valence-corrected chi connectivity index (χ1v) is 10.2. The quantitative estimate of drug-likeness (QED) is 0.574. The third-order valence-electron chi connectivity index (χ3n) is 6.59. The first kappa shape index (κ1) is 18.0. The van der Waals surface area contributed by atoms with Gasteiger partial charge in [0.05, 0.1) is 0 Å². The number of aryl methyl sites for hydroxylation is 1. The lowest BCUT2D eigenvalue weighted by molar-refractivity contribution is -0.164. The first-order valence-electron chi connectivity index (χ1n) is 10.2. The van der Waals surface area contributed by atoms with Gasteiger partial charge in [0.1, 0.15) is 0 Å². The third-order valence-corrected chi connectivity index (χ3v) is 6.59. The molecule has 0 spiro atoms. The maximum atomic E-state index is 12.3. The van der Waals surface area contributed by atoms with E-state index in [0.29, 0.717) is 6.42 Å². The number of hydrogen-bond donors (Lipinski definition) is 0. The second-order valence-electron chi connectivity index (χ2n) is 8.29. The van der Waals surface area contributed by atoms with Crippen LogP contribution in [0.3, 0.4) is 0 Å². The highest BCUT2D eigenvalue weighted by atomic mass is 16.6. The Morgan fingerprint density at radius 2 is 1.59 bits per heavy atom. The molecule has 3 aliphatic rings. The topological polar surface area (TPSA) is 29.5 Å². The third kappa shape index (κ3) is 2.61. The molecule has 3 nitrogen and oxygen atoms in total. The molecular formula is C26H25NO2. The fraction of sp³-hybridized carbons (Fsp3) is 0.269. The predicted molar refractivity (Wildman–Crippen MR) is 115 cm³/mol. The number of carbonyl (C=O) groups excluding carboxylic acids is 1. The molecule has 3 aliphatic heterocycles. The smallest absolute Gasteiger partial charge is 0.305 e. The average Bonchev–Trinajstić information content (AvgIpc) is 2.75. The lowest BCUT2D eigenvalue weighted by Crippen LogP contribution is -2.62. The van der Waals surface area contributed by atoms with E-state index in [-0.39, 0.29) is 11.4 Å². The summed E-state index contributed by atoms with van der Waals surface area (Å²) in [6, 6.07) is 27.7. The second kappa shape index (κ2) is 6.48. The number of hydrogen-bond acceptors (Lipinski definition) is 3. The van der Waals surface area contributed by atoms with Crippen LogP contribution in [0.15, 0.2) is 78.9 Å². The molecule has 0 saturated carbocycles. The van der Waals surface area contributed by atoms with Crippen molar-refractivity contribution in [2.45, 2.75) is 37.8 Å². The van der Waals surface area contributed by atoms with Gasteiger partial charge in [-0.25, -0.2) is 0 Å². The number of esters is 1. The van der Waals surface area contributed by atoms with Crippen molar-refractivity contribution in [3.8, 4) is 0 Å². The molecular weight excluding hydrogens is 358 g/mol. The van der Waals surface area contributed by atoms with Gasteiger partial charge in [0.25, 0.3) is 0 Å². The van der Waals surface area contributed by atoms with Gasteiger partial charge in [-0.15, -0.1) is 0 Å². The summed E-state index contributed by atoms with van der Waals surface area (Å²) in [4.78, 5) is 14.6. The zero-order chi connectivity index (χ0) is 20.1. The van der Waals surface area contributed by atoms with E-state index in [1.54, 1.807) is 0 Å². The lowest BCUT2D eigenvalue weighted by Gasteiger charge is -2.60. The maximum absolute atomic E-state index is 12.3. The molecule has 0 N–H and O–H groups in total. The van der Waals surface area contributed by atoms with Crippen LogP contribution in [0.4, 0.5) is 5.69 Å². The standard InChI is InChI=1S/C26H25NO2/c1-19-12-14-21(15-13-19)25-16-17-27(24-11-7-6-10-23(24)25)26(18-25,29-20(2)28)22-8-4-3-5-9-22/h3-15H,16-18H2,1-2H3. The van der Waals surface area contributed by atoms with E-state index in [9.17, 15) is 4.79 Å². The van der Waals surface area contributed by atoms with Crippen LogP contribution in [-0.2, 0) is 20.7 Å². The monoisotopic (exact) mass is 383 g/mol. The van der Waals surface area contributed by atoms with Crippen LogP contribution in [0.2, 0.25) is 0 Å². The first-order chi connectivity index (χ1) is 14.1. The molecule has 1 fully saturated rings. The molecule has 0 aliphatic carbocycles. The summed E-state index contributed by atoms with van der Waals surface area (Å²) in [7, 11) is 0. The molecule has 0 aromatic heterocycles. The largest absolute Gasteiger partial charge is 0.435 e. The van der Waals surface area contributed by atoms with E-state index in [1.165, 1.54) is 23.6 Å². The molecule has 2 atom stereocenters. The summed E-state index contributed by atoms with van der Waals surface area (Å²) >= 11 is 0. The van der Waals surface area contributed by atoms with Gasteiger partial charge in [0.2, 0.25) is 5.72 Å². The average molecular weight is 383 g/mol. The normalized spacial score (nSPS) is 24.8. The van der Waals surface area contributed by atoms with E-state index in [0.717, 1.165) is 24.2 Å². The minimum atomic E-state index is -0.801. The van der Waals surface area contributed by atoms with E-state index in [4.69, 9.17) is 4.74 Å². The van der Waals surface area contributed by atoms with Gasteiger partial charge in [-0.05, 0) is 30.5 Å². The fourth-order valence-electron chi connectivity index (χ4n) is 5.35. The maximum Gasteiger partial charge on any atom is 0.305 e. The van der Waals surface area contributed by atoms with Gasteiger partial charge in [-0.3, -0.25) is 4.79 Å². The highest BCUT2D eigenvalue weighted by Gasteiger charge is 2.59. The van der Waals surface area contributed by atoms with Crippen molar-refractivity contribution in [1.82, 2.24) is 0 Å². The van der Waals surface area contributed by atoms with Crippen LogP contribution in [0.25, 0.3) is 0 Å². The van der Waals surface area contributed by atoms with Crippen molar-refractivity contribution >= 4 is 11.7 Å². The van der Waals surface area contributed by atoms with Gasteiger partial charge >= 0.3 is 5.97 Å². The summed E-state index contributed by atoms with van der Waals surface area (Å²) < 4.78 is 6.21. The van der Waals surface area contributed by atoms with Crippen LogP contribution in [0.5, 0.6) is 0 Å². The molecule has 0 amide bonds. The highest BCUT2D eigenvalue weighted by Crippen LogP contribution is 2.59. The number of nitrogens with zero attached hydrogens (tertiary/aromatic N) is 1. The minimum absolute atomic E-state index is 0.190. The van der Waals surface area contributed by atoms with Gasteiger partial charge in [-0.1, -0.05) is 78.4 Å². The summed E-state index contributed by atoms with van der Waals surface area (Å²) in [5, 5.41) is 0. The zero-order valence-corrected chi connectivity index (χ0v) is 16.9. The second-order valence-corrected chi connectivity index (χ2v) is 8.29. The molecule has 2 bridgehead atoms. The van der Waals surface area contributed by atoms with Crippen LogP contribution in [0.1, 0.15) is 42.0 Å². The molecule has 3 aromatic rings. The molecule has 1 saturated heterocycles. The number of rotatable bonds is 3. The fourth-order valence-corrected chi connectivity index (χ4v) is 5.35. The molecule has 146 valence electrons. The van der Waals surface area contributed by atoms with E-state index in [1.807, 2.05) is 18.2 Å². The summed E-state index contributed by atoms with van der Waals surface area (Å²) in [5.41, 5.74) is 5.07. The van der Waals surface area contributed by atoms with Gasteiger partial charge in [-0.2, -0.15) is 0 Å². The van der Waals surface area contributed by atoms with Crippen LogP contribution in [0, 0.1) is 6.92 Å². The summed E-state index contributed by atoms with van der Waals surface area (Å²) in [5.74, 6) is -0.252. The minimum Gasteiger partial charge on any atom is -0.435 e. The molecule has 2 unspecified atom stereocenters. The Morgan fingerprint density at radius 1 is 0.897 bits per heavy atom. The number of anilines is 1. The van der Waals surface area contributed by atoms with Gasteiger partial charge in [0.15, 0.2) is 0 Å². The zero-order valence-electron chi connectivity index (χ0n) is 16.9. The Bertz CT molecular complexity index is 1060. The SMILES string of the molecule is CC(=O)OC1(c2ccccc2)CC2(c3ccc(C)cc3)CCN1c1ccccc12. The molecule has 3 heteroatoms. The summed E-state index contributed by atoms with van der Waals surface area (Å²) in [6.45, 7) is 4.47. The van der Waals surface area contributed by atoms with E-state index >= 15 is 0 Å². The lowest BCUT2D eigenvalue weighted by atomic mass is 9.60. The molecule has 29 heavy (non-hydrogen) atoms. The van der Waals surface area contributed by atoms with Gasteiger partial charge < -0.3 is 9.64 Å². The van der Waals surface area contributed by atoms with Crippen molar-refractivity contribution in [3.05, 3.63) is 101 Å². The van der Waals surface area contributed by atoms with Gasteiger partial charge in [0, 0.05) is 36.6 Å². The Hall–Kier alpha value is -3.07. The molecule has 6 rings (SSSR count). The highest BCUT2D eigenvalue weighted by molar-refractivity contribution is 5.72. The number of fused-ring (bicyclic) bond motifs is 2. The van der Waals surface area contributed by atoms with E-state index in [2.05, 4.69) is 72.5 Å². The van der Waals surface area contributed by atoms with E-state index < -0.39 is 5.72 Å². The van der Waals surface area contributed by atoms with Crippen molar-refractivity contribution in [1.29, 1.82) is 0 Å². The Kier molecular flexibility index (Phi) is 4.02. The number of para-hydroxylation sites is 1. The summed E-state index contributed by atoms with van der Waals surface area (Å²) in [6.07, 6.45) is 1.71. The van der Waals surface area contributed by atoms with Crippen LogP contribution in [-0.4, -0.2) is 12.5 Å². The number of carbonyl (C=O) groups is 1. The Labute approximate surface area is 171 Å². The Morgan fingerprint density at radius 3 is 2.31 bits per heavy atom. The molecule has 0 radical (unpaired) electrons. The van der Waals surface area contributed by atoms with Crippen molar-refractivity contribution in [2.75, 3.05) is 11.4 Å². The Balaban J connectivity index is 1.79.